The van der Waals surface area contributed by atoms with Crippen LogP contribution >= 0.6 is 39.1 Å². The number of nitrogens with zero attached hydrogens (tertiary/aromatic N) is 1. The van der Waals surface area contributed by atoms with Gasteiger partial charge in [0.2, 0.25) is 5.50 Å². The molecule has 0 spiro atoms. The molecule has 2 aromatic carbocycles. The molecule has 3 rings (SSSR count). The van der Waals surface area contributed by atoms with Crippen LogP contribution in [0.1, 0.15) is 11.1 Å². The van der Waals surface area contributed by atoms with Crippen LogP contribution in [-0.4, -0.2) is 17.1 Å². The van der Waals surface area contributed by atoms with Gasteiger partial charge >= 0.3 is 0 Å². The third-order valence-electron chi connectivity index (χ3n) is 3.08. The van der Waals surface area contributed by atoms with Crippen LogP contribution in [0.3, 0.4) is 0 Å². The van der Waals surface area contributed by atoms with Gasteiger partial charge in [0.1, 0.15) is 0 Å². The number of benzene rings is 2. The van der Waals surface area contributed by atoms with E-state index in [1.165, 1.54) is 0 Å². The Hall–Kier alpha value is -1.36. The maximum Gasteiger partial charge on any atom is 0.264 e. The number of nitrogens with one attached hydrogen (secondary N) is 1. The lowest BCUT2D eigenvalue weighted by atomic mass is 10.0. The molecule has 0 aliphatic carbocycles. The van der Waals surface area contributed by atoms with Gasteiger partial charge in [-0.15, -0.1) is 0 Å². The first-order valence-electron chi connectivity index (χ1n) is 6.14. The summed E-state index contributed by atoms with van der Waals surface area (Å²) in [5, 5.41) is 3.33. The summed E-state index contributed by atoms with van der Waals surface area (Å²) in [4.78, 5) is 16.3. The molecule has 6 heteroatoms. The van der Waals surface area contributed by atoms with E-state index in [1.54, 1.807) is 12.1 Å². The second-order valence-electron chi connectivity index (χ2n) is 4.47. The van der Waals surface area contributed by atoms with Crippen LogP contribution in [0.4, 0.5) is 5.69 Å². The van der Waals surface area contributed by atoms with Crippen molar-refractivity contribution in [3.05, 3.63) is 63.1 Å². The van der Waals surface area contributed by atoms with Gasteiger partial charge in [0.25, 0.3) is 5.91 Å². The molecule has 106 valence electrons. The van der Waals surface area contributed by atoms with Crippen molar-refractivity contribution < 1.29 is 4.79 Å². The number of rotatable bonds is 1. The van der Waals surface area contributed by atoms with Crippen LogP contribution in [0.15, 0.2) is 51.9 Å². The van der Waals surface area contributed by atoms with E-state index in [9.17, 15) is 4.79 Å². The molecule has 21 heavy (non-hydrogen) atoms. The summed E-state index contributed by atoms with van der Waals surface area (Å²) < 4.78 is 0.878. The van der Waals surface area contributed by atoms with Crippen molar-refractivity contribution >= 4 is 56.4 Å². The molecule has 0 radical (unpaired) electrons. The van der Waals surface area contributed by atoms with Crippen molar-refractivity contribution in [2.75, 3.05) is 5.32 Å². The molecule has 1 amide bonds. The van der Waals surface area contributed by atoms with Crippen molar-refractivity contribution in [1.29, 1.82) is 0 Å². The average Bonchev–Trinajstić information content (AvgIpc) is 2.58. The molecule has 1 atom stereocenters. The van der Waals surface area contributed by atoms with Gasteiger partial charge < -0.3 is 5.32 Å². The number of aliphatic imine (C=N–C) groups is 1. The minimum absolute atomic E-state index is 0.359. The van der Waals surface area contributed by atoms with E-state index in [4.69, 9.17) is 23.2 Å². The van der Waals surface area contributed by atoms with Crippen molar-refractivity contribution in [1.82, 2.24) is 0 Å². The van der Waals surface area contributed by atoms with E-state index < -0.39 is 5.50 Å². The lowest BCUT2D eigenvalue weighted by molar-refractivity contribution is -0.115. The fourth-order valence-electron chi connectivity index (χ4n) is 2.12. The fraction of sp³-hybridized carbons (Fsp3) is 0.0667. The molecule has 0 fully saturated rings. The summed E-state index contributed by atoms with van der Waals surface area (Å²) in [7, 11) is 0. The summed E-state index contributed by atoms with van der Waals surface area (Å²) in [5.41, 5.74) is 1.76. The molecule has 0 saturated heterocycles. The van der Waals surface area contributed by atoms with E-state index in [2.05, 4.69) is 26.2 Å². The van der Waals surface area contributed by atoms with Crippen LogP contribution in [-0.2, 0) is 4.79 Å². The Morgan fingerprint density at radius 2 is 1.90 bits per heavy atom. The maximum atomic E-state index is 11.9. The van der Waals surface area contributed by atoms with E-state index in [1.807, 2.05) is 30.3 Å². The Bertz CT molecular complexity index is 761. The number of fused-ring (bicyclic) bond motifs is 1. The van der Waals surface area contributed by atoms with E-state index in [-0.39, 0.29) is 5.91 Å². The first-order chi connectivity index (χ1) is 10.1. The monoisotopic (exact) mass is 382 g/mol. The van der Waals surface area contributed by atoms with E-state index in [0.29, 0.717) is 16.4 Å². The standard InChI is InChI=1S/C15H9BrCl2N2O/c16-8-5-6-12-10(7-8)13(20-14(18)15(21)19-12)9-3-1-2-4-11(9)17/h1-7,14H,(H,19,21). The third kappa shape index (κ3) is 2.84. The quantitative estimate of drug-likeness (QED) is 0.573. The number of anilines is 1. The molecule has 3 nitrogen and oxygen atoms in total. The number of hydrogen-bond acceptors (Lipinski definition) is 2. The van der Waals surface area contributed by atoms with Crippen LogP contribution in [0.25, 0.3) is 0 Å². The second-order valence-corrected chi connectivity index (χ2v) is 6.21. The van der Waals surface area contributed by atoms with Crippen LogP contribution in [0.5, 0.6) is 0 Å². The number of hydrogen-bond donors (Lipinski definition) is 1. The molecule has 1 aliphatic rings. The fourth-order valence-corrected chi connectivity index (χ4v) is 2.86. The lowest BCUT2D eigenvalue weighted by Gasteiger charge is -2.11. The molecule has 0 saturated carbocycles. The summed E-state index contributed by atoms with van der Waals surface area (Å²) in [5.74, 6) is -0.359. The average molecular weight is 384 g/mol. The van der Waals surface area contributed by atoms with E-state index >= 15 is 0 Å². The number of alkyl halides is 1. The molecule has 0 aromatic heterocycles. The highest BCUT2D eigenvalue weighted by Crippen LogP contribution is 2.30. The van der Waals surface area contributed by atoms with Gasteiger partial charge in [-0.25, -0.2) is 0 Å². The summed E-state index contributed by atoms with van der Waals surface area (Å²) in [6.45, 7) is 0. The highest BCUT2D eigenvalue weighted by molar-refractivity contribution is 9.10. The highest BCUT2D eigenvalue weighted by Gasteiger charge is 2.25. The van der Waals surface area contributed by atoms with Gasteiger partial charge in [-0.3, -0.25) is 9.79 Å². The maximum absolute atomic E-state index is 11.9. The van der Waals surface area contributed by atoms with E-state index in [0.717, 1.165) is 15.6 Å². The Kier molecular flexibility index (Phi) is 4.02. The molecular formula is C15H9BrCl2N2O. The van der Waals surface area contributed by atoms with Crippen LogP contribution in [0.2, 0.25) is 5.02 Å². The minimum Gasteiger partial charge on any atom is -0.322 e. The van der Waals surface area contributed by atoms with Gasteiger partial charge in [0, 0.05) is 20.6 Å². The third-order valence-corrected chi connectivity index (χ3v) is 4.20. The Morgan fingerprint density at radius 3 is 2.67 bits per heavy atom. The number of benzodiazepines with no additional fused rings is 1. The highest BCUT2D eigenvalue weighted by atomic mass is 79.9. The topological polar surface area (TPSA) is 41.5 Å². The zero-order chi connectivity index (χ0) is 15.0. The van der Waals surface area contributed by atoms with Crippen LogP contribution < -0.4 is 5.32 Å². The van der Waals surface area contributed by atoms with Crippen molar-refractivity contribution in [3.8, 4) is 0 Å². The molecular weight excluding hydrogens is 375 g/mol. The predicted octanol–water partition coefficient (Wildman–Crippen LogP) is 4.46. The SMILES string of the molecule is O=C1Nc2ccc(Br)cc2C(c2ccccc2Cl)=NC1Cl. The predicted molar refractivity (Wildman–Crippen MR) is 89.5 cm³/mol. The summed E-state index contributed by atoms with van der Waals surface area (Å²) in [6, 6.07) is 12.9. The number of amides is 1. The van der Waals surface area contributed by atoms with Crippen molar-refractivity contribution in [3.63, 3.8) is 0 Å². The van der Waals surface area contributed by atoms with Gasteiger partial charge in [-0.2, -0.15) is 0 Å². The minimum atomic E-state index is -0.998. The zero-order valence-electron chi connectivity index (χ0n) is 10.6. The van der Waals surface area contributed by atoms with Gasteiger partial charge in [0.15, 0.2) is 0 Å². The lowest BCUT2D eigenvalue weighted by Crippen LogP contribution is -2.20. The Labute approximate surface area is 140 Å². The molecule has 1 heterocycles. The normalized spacial score (nSPS) is 17.6. The zero-order valence-corrected chi connectivity index (χ0v) is 13.7. The van der Waals surface area contributed by atoms with Crippen LogP contribution in [0, 0.1) is 0 Å². The summed E-state index contributed by atoms with van der Waals surface area (Å²) >= 11 is 15.7. The van der Waals surface area contributed by atoms with Gasteiger partial charge in [-0.05, 0) is 24.3 Å². The second kappa shape index (κ2) is 5.79. The molecule has 2 aromatic rings. The smallest absolute Gasteiger partial charge is 0.264 e. The van der Waals surface area contributed by atoms with Gasteiger partial charge in [-0.1, -0.05) is 57.3 Å². The number of carbonyl (C=O) groups excluding carboxylic acids is 1. The number of carbonyl (C=O) groups is 1. The molecule has 1 N–H and O–H groups in total. The van der Waals surface area contributed by atoms with Gasteiger partial charge in [0.05, 0.1) is 11.4 Å². The largest absolute Gasteiger partial charge is 0.322 e. The first kappa shape index (κ1) is 14.6. The Balaban J connectivity index is 2.27. The molecule has 1 aliphatic heterocycles. The summed E-state index contributed by atoms with van der Waals surface area (Å²) in [6.07, 6.45) is 0. The Morgan fingerprint density at radius 1 is 1.14 bits per heavy atom. The molecule has 1 unspecified atom stereocenters. The van der Waals surface area contributed by atoms with Crippen molar-refractivity contribution in [2.45, 2.75) is 5.50 Å². The van der Waals surface area contributed by atoms with Crippen molar-refractivity contribution in [2.24, 2.45) is 4.99 Å². The number of halogens is 3. The first-order valence-corrected chi connectivity index (χ1v) is 7.74. The molecule has 0 bridgehead atoms.